The third-order valence-corrected chi connectivity index (χ3v) is 6.25. The maximum absolute atomic E-state index is 14.4. The molecule has 7 heteroatoms. The molecule has 0 aliphatic carbocycles. The van der Waals surface area contributed by atoms with Crippen LogP contribution in [0.1, 0.15) is 22.1 Å². The standard InChI is InChI=1S/C21H21FO5S/c22-15-6-5-12(21-20(26)19(25)18(24)16(10-23)27-21)7-13(15)9-14-8-11-3-1-2-4-17(11)28-14/h1-8,16,18-21,23-26H,9-10H2/t16-,18?,19+,20-,21+/m1/s1. The zero-order chi connectivity index (χ0) is 19.8. The van der Waals surface area contributed by atoms with Crippen molar-refractivity contribution in [1.29, 1.82) is 0 Å². The third kappa shape index (κ3) is 3.57. The molecule has 2 aromatic carbocycles. The number of hydrogen-bond acceptors (Lipinski definition) is 6. The van der Waals surface area contributed by atoms with Crippen LogP contribution in [0.25, 0.3) is 10.1 Å². The van der Waals surface area contributed by atoms with E-state index in [2.05, 4.69) is 0 Å². The lowest BCUT2D eigenvalue weighted by Crippen LogP contribution is -2.55. The zero-order valence-corrected chi connectivity index (χ0v) is 15.7. The maximum Gasteiger partial charge on any atom is 0.126 e. The Kier molecular flexibility index (Phi) is 5.46. The predicted molar refractivity (Wildman–Crippen MR) is 104 cm³/mol. The Morgan fingerprint density at radius 3 is 2.50 bits per heavy atom. The molecule has 5 nitrogen and oxygen atoms in total. The Morgan fingerprint density at radius 1 is 0.964 bits per heavy atom. The van der Waals surface area contributed by atoms with E-state index in [1.807, 2.05) is 30.3 Å². The molecule has 0 saturated carbocycles. The highest BCUT2D eigenvalue weighted by atomic mass is 32.1. The number of aliphatic hydroxyl groups excluding tert-OH is 4. The van der Waals surface area contributed by atoms with E-state index in [9.17, 15) is 24.8 Å². The second-order valence-electron chi connectivity index (χ2n) is 7.03. The van der Waals surface area contributed by atoms with E-state index in [0.29, 0.717) is 17.5 Å². The first-order valence-electron chi connectivity index (χ1n) is 9.04. The molecule has 1 saturated heterocycles. The Bertz CT molecular complexity index is 939. The molecular formula is C21H21FO5S. The van der Waals surface area contributed by atoms with Gasteiger partial charge in [0.25, 0.3) is 0 Å². The average molecular weight is 404 g/mol. The van der Waals surface area contributed by atoms with Crippen molar-refractivity contribution in [2.75, 3.05) is 6.61 Å². The summed E-state index contributed by atoms with van der Waals surface area (Å²) in [7, 11) is 0. The molecule has 0 amide bonds. The molecule has 5 atom stereocenters. The van der Waals surface area contributed by atoms with Gasteiger partial charge in [-0.2, -0.15) is 0 Å². The molecule has 1 unspecified atom stereocenters. The van der Waals surface area contributed by atoms with Crippen molar-refractivity contribution in [3.63, 3.8) is 0 Å². The molecule has 148 valence electrons. The van der Waals surface area contributed by atoms with Crippen LogP contribution in [0, 0.1) is 5.82 Å². The van der Waals surface area contributed by atoms with Crippen LogP contribution < -0.4 is 0 Å². The highest BCUT2D eigenvalue weighted by molar-refractivity contribution is 7.19. The second-order valence-corrected chi connectivity index (χ2v) is 8.20. The van der Waals surface area contributed by atoms with Crippen molar-refractivity contribution in [2.24, 2.45) is 0 Å². The molecule has 0 spiro atoms. The lowest BCUT2D eigenvalue weighted by atomic mass is 9.90. The Labute approximate surface area is 165 Å². The number of ether oxygens (including phenoxy) is 1. The second kappa shape index (κ2) is 7.87. The summed E-state index contributed by atoms with van der Waals surface area (Å²) in [6.45, 7) is -0.503. The highest BCUT2D eigenvalue weighted by Gasteiger charge is 2.44. The number of halogens is 1. The number of rotatable bonds is 4. The minimum Gasteiger partial charge on any atom is -0.394 e. The first-order chi connectivity index (χ1) is 13.5. The number of benzene rings is 2. The molecule has 4 N–H and O–H groups in total. The van der Waals surface area contributed by atoms with Gasteiger partial charge in [-0.25, -0.2) is 4.39 Å². The van der Waals surface area contributed by atoms with E-state index in [0.717, 1.165) is 15.0 Å². The number of hydrogen-bond donors (Lipinski definition) is 4. The van der Waals surface area contributed by atoms with E-state index in [-0.39, 0.29) is 5.82 Å². The SMILES string of the molecule is OC[C@H]1O[C@@H](c2ccc(F)c(Cc3cc4ccccc4s3)c2)[C@H](O)[C@@H](O)C1O. The summed E-state index contributed by atoms with van der Waals surface area (Å²) in [6.07, 6.45) is -5.87. The summed E-state index contributed by atoms with van der Waals surface area (Å²) in [4.78, 5) is 1.01. The molecule has 2 heterocycles. The molecule has 4 rings (SSSR count). The van der Waals surface area contributed by atoms with Gasteiger partial charge in [0.05, 0.1) is 6.61 Å². The summed E-state index contributed by atoms with van der Waals surface area (Å²) in [5.74, 6) is -0.370. The summed E-state index contributed by atoms with van der Waals surface area (Å²) in [5, 5.41) is 40.7. The zero-order valence-electron chi connectivity index (χ0n) is 14.9. The van der Waals surface area contributed by atoms with Gasteiger partial charge < -0.3 is 25.2 Å². The Hall–Kier alpha value is -1.87. The van der Waals surface area contributed by atoms with Crippen LogP contribution in [0.2, 0.25) is 0 Å². The molecule has 1 fully saturated rings. The van der Waals surface area contributed by atoms with Crippen molar-refractivity contribution in [3.05, 3.63) is 70.4 Å². The lowest BCUT2D eigenvalue weighted by Gasteiger charge is -2.40. The monoisotopic (exact) mass is 404 g/mol. The Balaban J connectivity index is 1.63. The van der Waals surface area contributed by atoms with Crippen LogP contribution in [0.3, 0.4) is 0 Å². The normalized spacial score (nSPS) is 28.0. The van der Waals surface area contributed by atoms with Gasteiger partial charge in [-0.15, -0.1) is 11.3 Å². The average Bonchev–Trinajstić information content (AvgIpc) is 3.11. The van der Waals surface area contributed by atoms with E-state index in [1.165, 1.54) is 12.1 Å². The number of fused-ring (bicyclic) bond motifs is 1. The van der Waals surface area contributed by atoms with Gasteiger partial charge in [0.2, 0.25) is 0 Å². The minimum absolute atomic E-state index is 0.370. The Morgan fingerprint density at radius 2 is 1.75 bits per heavy atom. The van der Waals surface area contributed by atoms with Gasteiger partial charge in [0, 0.05) is 16.0 Å². The van der Waals surface area contributed by atoms with Gasteiger partial charge >= 0.3 is 0 Å². The van der Waals surface area contributed by atoms with Crippen molar-refractivity contribution in [1.82, 2.24) is 0 Å². The fraction of sp³-hybridized carbons (Fsp3) is 0.333. The molecule has 0 bridgehead atoms. The van der Waals surface area contributed by atoms with Crippen LogP contribution in [0.15, 0.2) is 48.5 Å². The largest absolute Gasteiger partial charge is 0.394 e. The van der Waals surface area contributed by atoms with Crippen LogP contribution in [0.5, 0.6) is 0 Å². The highest BCUT2D eigenvalue weighted by Crippen LogP contribution is 2.34. The predicted octanol–water partition coefficient (Wildman–Crippen LogP) is 2.15. The molecule has 3 aromatic rings. The summed E-state index contributed by atoms with van der Waals surface area (Å²) in [5.41, 5.74) is 0.926. The first-order valence-corrected chi connectivity index (χ1v) is 9.86. The van der Waals surface area contributed by atoms with Crippen LogP contribution in [-0.4, -0.2) is 51.4 Å². The fourth-order valence-electron chi connectivity index (χ4n) is 3.60. The van der Waals surface area contributed by atoms with Crippen LogP contribution in [-0.2, 0) is 11.2 Å². The summed E-state index contributed by atoms with van der Waals surface area (Å²) >= 11 is 1.59. The minimum atomic E-state index is -1.47. The molecule has 1 aromatic heterocycles. The van der Waals surface area contributed by atoms with Crippen molar-refractivity contribution >= 4 is 21.4 Å². The summed E-state index contributed by atoms with van der Waals surface area (Å²) < 4.78 is 21.1. The topological polar surface area (TPSA) is 90.2 Å². The number of aliphatic hydroxyl groups is 4. The number of thiophene rings is 1. The van der Waals surface area contributed by atoms with Crippen molar-refractivity contribution in [2.45, 2.75) is 36.9 Å². The van der Waals surface area contributed by atoms with Crippen molar-refractivity contribution < 1.29 is 29.6 Å². The van der Waals surface area contributed by atoms with Crippen molar-refractivity contribution in [3.8, 4) is 0 Å². The molecular weight excluding hydrogens is 383 g/mol. The van der Waals surface area contributed by atoms with Gasteiger partial charge in [0.15, 0.2) is 0 Å². The smallest absolute Gasteiger partial charge is 0.126 e. The quantitative estimate of drug-likeness (QED) is 0.535. The first kappa shape index (κ1) is 19.4. The lowest BCUT2D eigenvalue weighted by molar-refractivity contribution is -0.231. The molecule has 28 heavy (non-hydrogen) atoms. The van der Waals surface area contributed by atoms with E-state index < -0.39 is 37.1 Å². The maximum atomic E-state index is 14.4. The van der Waals surface area contributed by atoms with Crippen LogP contribution in [0.4, 0.5) is 4.39 Å². The van der Waals surface area contributed by atoms with Gasteiger partial charge in [-0.3, -0.25) is 0 Å². The molecule has 0 radical (unpaired) electrons. The summed E-state index contributed by atoms with van der Waals surface area (Å²) in [6, 6.07) is 14.4. The molecule has 1 aliphatic heterocycles. The van der Waals surface area contributed by atoms with Gasteiger partial charge in [-0.1, -0.05) is 24.3 Å². The van der Waals surface area contributed by atoms with E-state index >= 15 is 0 Å². The van der Waals surface area contributed by atoms with Gasteiger partial charge in [-0.05, 0) is 40.8 Å². The van der Waals surface area contributed by atoms with E-state index in [4.69, 9.17) is 4.74 Å². The fourth-order valence-corrected chi connectivity index (χ4v) is 4.68. The third-order valence-electron chi connectivity index (χ3n) is 5.13. The van der Waals surface area contributed by atoms with E-state index in [1.54, 1.807) is 17.4 Å². The van der Waals surface area contributed by atoms with Crippen LogP contribution >= 0.6 is 11.3 Å². The molecule has 1 aliphatic rings. The van der Waals surface area contributed by atoms with Gasteiger partial charge in [0.1, 0.15) is 36.3 Å².